The molecule has 0 spiro atoms. The molecule has 74 valence electrons. The molecule has 0 unspecified atom stereocenters. The molecule has 0 bridgehead atoms. The lowest BCUT2D eigenvalue weighted by Gasteiger charge is -2.19. The smallest absolute Gasteiger partial charge is 0.234 e. The van der Waals surface area contributed by atoms with Gasteiger partial charge in [-0.05, 0) is 20.8 Å². The Hall–Kier alpha value is -1.00. The molecule has 13 heavy (non-hydrogen) atoms. The molecule has 0 atom stereocenters. The maximum atomic E-state index is 13.2. The first kappa shape index (κ1) is 10.1. The zero-order valence-electron chi connectivity index (χ0n) is 7.68. The zero-order chi connectivity index (χ0) is 10.2. The lowest BCUT2D eigenvalue weighted by molar-refractivity contribution is 0.144. The molecule has 1 rings (SSSR count). The third-order valence-corrected chi connectivity index (χ3v) is 1.61. The van der Waals surface area contributed by atoms with Gasteiger partial charge in [0.2, 0.25) is 5.95 Å². The van der Waals surface area contributed by atoms with Crippen molar-refractivity contribution >= 4 is 0 Å². The average molecular weight is 192 g/mol. The van der Waals surface area contributed by atoms with Gasteiger partial charge in [0.15, 0.2) is 0 Å². The highest BCUT2D eigenvalue weighted by atomic mass is 19.3. The van der Waals surface area contributed by atoms with Gasteiger partial charge in [-0.3, -0.25) is 0 Å². The van der Waals surface area contributed by atoms with E-state index in [1.54, 1.807) is 20.8 Å². The Balaban J connectivity index is 3.14. The van der Waals surface area contributed by atoms with Gasteiger partial charge < -0.3 is 0 Å². The van der Waals surface area contributed by atoms with E-state index in [0.717, 1.165) is 10.9 Å². The Kier molecular flexibility index (Phi) is 2.36. The summed E-state index contributed by atoms with van der Waals surface area (Å²) in [6.07, 6.45) is -1.94. The summed E-state index contributed by atoms with van der Waals surface area (Å²) in [7, 11) is 0. The molecule has 0 radical (unpaired) electrons. The third kappa shape index (κ3) is 1.84. The first-order valence-corrected chi connectivity index (χ1v) is 3.86. The Labute approximate surface area is 74.4 Å². The molecule has 0 saturated heterocycles. The summed E-state index contributed by atoms with van der Waals surface area (Å²) >= 11 is 0. The van der Waals surface area contributed by atoms with Gasteiger partial charge in [0.25, 0.3) is 6.43 Å². The molecule has 1 aromatic heterocycles. The molecule has 2 nitrogen and oxygen atoms in total. The first-order chi connectivity index (χ1) is 5.84. The Morgan fingerprint density at radius 2 is 1.92 bits per heavy atom. The maximum Gasteiger partial charge on any atom is 0.269 e. The van der Waals surface area contributed by atoms with Crippen molar-refractivity contribution in [3.05, 3.63) is 17.7 Å². The molecule has 0 amide bonds. The summed E-state index contributed by atoms with van der Waals surface area (Å²) in [5.41, 5.74) is -1.26. The van der Waals surface area contributed by atoms with Crippen LogP contribution >= 0.6 is 0 Å². The molecule has 0 aromatic carbocycles. The molecule has 0 fully saturated rings. The molecular weight excluding hydrogens is 181 g/mol. The number of hydrogen-bond donors (Lipinski definition) is 0. The van der Waals surface area contributed by atoms with E-state index in [-0.39, 0.29) is 0 Å². The molecule has 0 aliphatic heterocycles. The number of rotatable bonds is 1. The highest BCUT2D eigenvalue weighted by Gasteiger charge is 2.24. The van der Waals surface area contributed by atoms with Gasteiger partial charge in [0.05, 0.1) is 17.3 Å². The van der Waals surface area contributed by atoms with Crippen molar-refractivity contribution in [2.75, 3.05) is 0 Å². The van der Waals surface area contributed by atoms with Crippen molar-refractivity contribution in [1.82, 2.24) is 9.78 Å². The van der Waals surface area contributed by atoms with Crippen LogP contribution in [0.1, 0.15) is 32.8 Å². The van der Waals surface area contributed by atoms with E-state index in [9.17, 15) is 13.2 Å². The van der Waals surface area contributed by atoms with Gasteiger partial charge in [-0.2, -0.15) is 9.49 Å². The van der Waals surface area contributed by atoms with Gasteiger partial charge in [0, 0.05) is 0 Å². The van der Waals surface area contributed by atoms with E-state index < -0.39 is 23.5 Å². The van der Waals surface area contributed by atoms with E-state index >= 15 is 0 Å². The average Bonchev–Trinajstić information content (AvgIpc) is 2.28. The second-order valence-electron chi connectivity index (χ2n) is 3.77. The van der Waals surface area contributed by atoms with E-state index in [1.807, 2.05) is 0 Å². The summed E-state index contributed by atoms with van der Waals surface area (Å²) < 4.78 is 38.4. The van der Waals surface area contributed by atoms with Crippen molar-refractivity contribution in [3.63, 3.8) is 0 Å². The van der Waals surface area contributed by atoms with E-state index in [2.05, 4.69) is 5.10 Å². The molecule has 1 aromatic rings. The van der Waals surface area contributed by atoms with Crippen molar-refractivity contribution in [2.45, 2.75) is 32.7 Å². The Bertz CT molecular complexity index is 299. The molecule has 5 heteroatoms. The minimum absolute atomic E-state index is 0.614. The standard InChI is InChI=1S/C8H11F3N2/c1-8(2,3)13-7(11)5(4-12-13)6(9)10/h4,6H,1-3H3. The van der Waals surface area contributed by atoms with Gasteiger partial charge in [0.1, 0.15) is 0 Å². The number of aromatic nitrogens is 2. The van der Waals surface area contributed by atoms with E-state index in [0.29, 0.717) is 0 Å². The van der Waals surface area contributed by atoms with Crippen molar-refractivity contribution in [2.24, 2.45) is 0 Å². The second kappa shape index (κ2) is 3.05. The van der Waals surface area contributed by atoms with Crippen LogP contribution in [0.25, 0.3) is 0 Å². The van der Waals surface area contributed by atoms with Crippen molar-refractivity contribution < 1.29 is 13.2 Å². The molecule has 0 N–H and O–H groups in total. The van der Waals surface area contributed by atoms with Crippen molar-refractivity contribution in [1.29, 1.82) is 0 Å². The fraction of sp³-hybridized carbons (Fsp3) is 0.625. The number of hydrogen-bond acceptors (Lipinski definition) is 1. The summed E-state index contributed by atoms with van der Waals surface area (Å²) in [6.45, 7) is 5.08. The van der Waals surface area contributed by atoms with Crippen LogP contribution < -0.4 is 0 Å². The fourth-order valence-electron chi connectivity index (χ4n) is 0.960. The summed E-state index contributed by atoms with van der Waals surface area (Å²) in [6, 6.07) is 0. The topological polar surface area (TPSA) is 17.8 Å². The van der Waals surface area contributed by atoms with Crippen LogP contribution in [0.5, 0.6) is 0 Å². The van der Waals surface area contributed by atoms with Crippen LogP contribution in [-0.2, 0) is 5.54 Å². The fourth-order valence-corrected chi connectivity index (χ4v) is 0.960. The van der Waals surface area contributed by atoms with Gasteiger partial charge in [-0.25, -0.2) is 13.5 Å². The number of nitrogens with zero attached hydrogens (tertiary/aromatic N) is 2. The summed E-state index contributed by atoms with van der Waals surface area (Å²) in [4.78, 5) is 0. The molecule has 0 aliphatic carbocycles. The van der Waals surface area contributed by atoms with Crippen LogP contribution in [0.15, 0.2) is 6.20 Å². The Morgan fingerprint density at radius 1 is 1.38 bits per heavy atom. The Morgan fingerprint density at radius 3 is 2.15 bits per heavy atom. The maximum absolute atomic E-state index is 13.2. The molecule has 0 saturated carbocycles. The number of alkyl halides is 2. The first-order valence-electron chi connectivity index (χ1n) is 3.86. The predicted octanol–water partition coefficient (Wildman–Crippen LogP) is 2.71. The van der Waals surface area contributed by atoms with Crippen LogP contribution in [-0.4, -0.2) is 9.78 Å². The molecular formula is C8H11F3N2. The SMILES string of the molecule is CC(C)(C)n1ncc(C(F)F)c1F. The summed E-state index contributed by atoms with van der Waals surface area (Å²) in [5.74, 6) is -0.956. The molecule has 0 aliphatic rings. The normalized spacial score (nSPS) is 12.5. The van der Waals surface area contributed by atoms with Crippen LogP contribution in [0.4, 0.5) is 13.2 Å². The van der Waals surface area contributed by atoms with Gasteiger partial charge in [-0.1, -0.05) is 0 Å². The highest BCUT2D eigenvalue weighted by Crippen LogP contribution is 2.24. The van der Waals surface area contributed by atoms with E-state index in [4.69, 9.17) is 0 Å². The monoisotopic (exact) mass is 192 g/mol. The third-order valence-electron chi connectivity index (χ3n) is 1.61. The lowest BCUT2D eigenvalue weighted by Crippen LogP contribution is -2.25. The minimum Gasteiger partial charge on any atom is -0.234 e. The van der Waals surface area contributed by atoms with Crippen LogP contribution in [0.3, 0.4) is 0 Å². The van der Waals surface area contributed by atoms with Crippen molar-refractivity contribution in [3.8, 4) is 0 Å². The quantitative estimate of drug-likeness (QED) is 0.668. The number of halogens is 3. The van der Waals surface area contributed by atoms with E-state index in [1.165, 1.54) is 0 Å². The largest absolute Gasteiger partial charge is 0.269 e. The van der Waals surface area contributed by atoms with Crippen LogP contribution in [0.2, 0.25) is 0 Å². The minimum atomic E-state index is -2.81. The predicted molar refractivity (Wildman–Crippen MR) is 42.1 cm³/mol. The zero-order valence-corrected chi connectivity index (χ0v) is 7.68. The summed E-state index contributed by atoms with van der Waals surface area (Å²) in [5, 5.41) is 3.57. The van der Waals surface area contributed by atoms with Gasteiger partial charge in [-0.15, -0.1) is 0 Å². The van der Waals surface area contributed by atoms with Gasteiger partial charge >= 0.3 is 0 Å². The second-order valence-corrected chi connectivity index (χ2v) is 3.77. The highest BCUT2D eigenvalue weighted by molar-refractivity contribution is 5.09. The lowest BCUT2D eigenvalue weighted by atomic mass is 10.1. The molecule has 1 heterocycles. The van der Waals surface area contributed by atoms with Crippen LogP contribution in [0, 0.1) is 5.95 Å².